The Hall–Kier alpha value is -8.38. The van der Waals surface area contributed by atoms with Crippen LogP contribution < -0.4 is 0 Å². The minimum absolute atomic E-state index is 0.416. The fourth-order valence-electron chi connectivity index (χ4n) is 8.22. The highest BCUT2D eigenvalue weighted by molar-refractivity contribution is 6.13. The van der Waals surface area contributed by atoms with E-state index < -0.39 is 0 Å². The molecule has 10 aromatic rings. The smallest absolute Gasteiger partial charge is 0.200 e. The van der Waals surface area contributed by atoms with E-state index in [1.54, 1.807) is 0 Å². The van der Waals surface area contributed by atoms with E-state index in [2.05, 4.69) is 115 Å². The number of hydrogen-bond acceptors (Lipinski definition) is 4. The van der Waals surface area contributed by atoms with Gasteiger partial charge in [-0.15, -0.1) is 0 Å². The molecule has 0 atom stereocenters. The van der Waals surface area contributed by atoms with Gasteiger partial charge in [-0.3, -0.25) is 0 Å². The van der Waals surface area contributed by atoms with E-state index >= 15 is 0 Å². The van der Waals surface area contributed by atoms with Crippen molar-refractivity contribution in [1.29, 1.82) is 5.26 Å². The highest BCUT2D eigenvalue weighted by Crippen LogP contribution is 2.44. The maximum atomic E-state index is 9.49. The van der Waals surface area contributed by atoms with Crippen molar-refractivity contribution in [2.75, 3.05) is 0 Å². The molecule has 10 rings (SSSR count). The number of rotatable bonds is 5. The fourth-order valence-corrected chi connectivity index (χ4v) is 8.22. The Balaban J connectivity index is 1.34. The molecule has 0 amide bonds. The summed E-state index contributed by atoms with van der Waals surface area (Å²) in [4.78, 5) is 21.7. The molecule has 0 saturated carbocycles. The summed E-state index contributed by atoms with van der Waals surface area (Å²) >= 11 is 0. The third-order valence-corrected chi connectivity index (χ3v) is 10.8. The zero-order valence-electron chi connectivity index (χ0n) is 31.4. The van der Waals surface area contributed by atoms with Crippen molar-refractivity contribution in [2.45, 2.75) is 13.8 Å². The lowest BCUT2D eigenvalue weighted by molar-refractivity contribution is 0.928. The van der Waals surface area contributed by atoms with Crippen LogP contribution >= 0.6 is 0 Å². The molecule has 0 aliphatic heterocycles. The summed E-state index contributed by atoms with van der Waals surface area (Å²) in [5.41, 5.74) is 11.9. The lowest BCUT2D eigenvalue weighted by Crippen LogP contribution is -2.06. The SMILES string of the molecule is [C-]#[N+]c1ccc(-c2ccc3c4ccccc4n(-c4cc([N+]#[C-])c(-c5nc(C)nc(C)n5)cc4-n4c5ccccc5c5ccc(-c6ccc(C#N)cc6)cc54)c3c2)cc1. The van der Waals surface area contributed by atoms with Gasteiger partial charge in [0.05, 0.1) is 58.2 Å². The Kier molecular flexibility index (Phi) is 7.90. The van der Waals surface area contributed by atoms with Gasteiger partial charge >= 0.3 is 0 Å². The van der Waals surface area contributed by atoms with Crippen molar-refractivity contribution in [3.05, 3.63) is 186 Å². The molecule has 0 bridgehead atoms. The number of hydrogen-bond donors (Lipinski definition) is 0. The van der Waals surface area contributed by atoms with Crippen LogP contribution in [0.4, 0.5) is 11.4 Å². The molecule has 0 fully saturated rings. The third-order valence-electron chi connectivity index (χ3n) is 10.8. The summed E-state index contributed by atoms with van der Waals surface area (Å²) in [7, 11) is 0. The van der Waals surface area contributed by atoms with Crippen LogP contribution in [0.5, 0.6) is 0 Å². The second-order valence-corrected chi connectivity index (χ2v) is 14.2. The number of benzene rings is 7. The fraction of sp³-hybridized carbons (Fsp3) is 0.0400. The highest BCUT2D eigenvalue weighted by Gasteiger charge is 2.24. The molecule has 8 nitrogen and oxygen atoms in total. The zero-order valence-corrected chi connectivity index (χ0v) is 31.4. The first-order valence-corrected chi connectivity index (χ1v) is 18.7. The number of fused-ring (bicyclic) bond motifs is 6. The van der Waals surface area contributed by atoms with Crippen molar-refractivity contribution < 1.29 is 0 Å². The van der Waals surface area contributed by atoms with Gasteiger partial charge in [0.15, 0.2) is 17.2 Å². The number of nitriles is 1. The van der Waals surface area contributed by atoms with E-state index in [1.807, 2.05) is 74.5 Å². The van der Waals surface area contributed by atoms with Gasteiger partial charge in [0, 0.05) is 27.1 Å². The molecule has 58 heavy (non-hydrogen) atoms. The van der Waals surface area contributed by atoms with E-state index in [-0.39, 0.29) is 0 Å². The van der Waals surface area contributed by atoms with Gasteiger partial charge in [0.25, 0.3) is 0 Å². The second-order valence-electron chi connectivity index (χ2n) is 14.2. The van der Waals surface area contributed by atoms with Crippen LogP contribution in [-0.4, -0.2) is 24.1 Å². The van der Waals surface area contributed by atoms with Crippen molar-refractivity contribution in [2.24, 2.45) is 0 Å². The molecule has 0 saturated heterocycles. The molecule has 0 radical (unpaired) electrons. The van der Waals surface area contributed by atoms with E-state index in [0.717, 1.165) is 77.2 Å². The maximum Gasteiger partial charge on any atom is 0.200 e. The second kappa shape index (κ2) is 13.4. The third kappa shape index (κ3) is 5.46. The molecule has 0 aliphatic carbocycles. The Bertz CT molecular complexity index is 3420. The molecule has 8 heteroatoms. The van der Waals surface area contributed by atoms with Crippen molar-refractivity contribution >= 4 is 55.0 Å². The van der Waals surface area contributed by atoms with Gasteiger partial charge < -0.3 is 9.13 Å². The Morgan fingerprint density at radius 2 is 0.983 bits per heavy atom. The summed E-state index contributed by atoms with van der Waals surface area (Å²) in [5, 5.41) is 13.8. The average Bonchev–Trinajstić information content (AvgIpc) is 3.77. The van der Waals surface area contributed by atoms with Crippen LogP contribution in [0.15, 0.2) is 146 Å². The molecular weight excluding hydrogens is 713 g/mol. The van der Waals surface area contributed by atoms with E-state index in [9.17, 15) is 5.26 Å². The summed E-state index contributed by atoms with van der Waals surface area (Å²) < 4.78 is 4.56. The Morgan fingerprint density at radius 1 is 0.500 bits per heavy atom. The number of para-hydroxylation sites is 2. The molecule has 0 aliphatic rings. The first kappa shape index (κ1) is 34.1. The standard InChI is InChI=1S/C50H30N8/c1-30-54-31(2)56-50(55-30)42-27-48(57-44-11-7-5-9-38(44)40-23-19-35(25-46(40)57)33-15-13-32(29-51)14-16-33)49(28-43(42)53-4)58-45-12-8-6-10-39(45)41-24-20-36(26-47(41)58)34-17-21-37(52-3)22-18-34/h5-28H,1-2H3. The molecule has 3 aromatic heterocycles. The van der Waals surface area contributed by atoms with Crippen molar-refractivity contribution in [3.8, 4) is 51.1 Å². The van der Waals surface area contributed by atoms with Crippen LogP contribution in [-0.2, 0) is 0 Å². The molecular formula is C50H30N8. The summed E-state index contributed by atoms with van der Waals surface area (Å²) in [6.45, 7) is 19.7. The maximum absolute atomic E-state index is 9.49. The summed E-state index contributed by atoms with van der Waals surface area (Å²) in [5.74, 6) is 1.59. The van der Waals surface area contributed by atoms with Crippen LogP contribution in [0.2, 0.25) is 0 Å². The van der Waals surface area contributed by atoms with Crippen molar-refractivity contribution in [1.82, 2.24) is 24.1 Å². The number of nitrogens with zero attached hydrogens (tertiary/aromatic N) is 8. The molecule has 3 heterocycles. The minimum atomic E-state index is 0.416. The summed E-state index contributed by atoms with van der Waals surface area (Å²) in [6, 6.07) is 51.3. The average molecular weight is 743 g/mol. The van der Waals surface area contributed by atoms with Crippen LogP contribution in [0.1, 0.15) is 17.2 Å². The van der Waals surface area contributed by atoms with E-state index in [0.29, 0.717) is 40.0 Å². The zero-order chi connectivity index (χ0) is 39.5. The first-order chi connectivity index (χ1) is 28.4. The van der Waals surface area contributed by atoms with Crippen LogP contribution in [0, 0.1) is 38.3 Å². The quantitative estimate of drug-likeness (QED) is 0.164. The van der Waals surface area contributed by atoms with Gasteiger partial charge in [-0.1, -0.05) is 97.1 Å². The molecule has 0 N–H and O–H groups in total. The molecule has 0 spiro atoms. The van der Waals surface area contributed by atoms with Crippen LogP contribution in [0.25, 0.3) is 98.3 Å². The lowest BCUT2D eigenvalue weighted by atomic mass is 10.0. The Morgan fingerprint density at radius 3 is 1.50 bits per heavy atom. The van der Waals surface area contributed by atoms with Gasteiger partial charge in [0.1, 0.15) is 11.6 Å². The lowest BCUT2D eigenvalue weighted by Gasteiger charge is -2.20. The van der Waals surface area contributed by atoms with Gasteiger partial charge in [-0.25, -0.2) is 24.6 Å². The first-order valence-electron chi connectivity index (χ1n) is 18.7. The predicted octanol–water partition coefficient (Wildman–Crippen LogP) is 12.7. The van der Waals surface area contributed by atoms with Crippen LogP contribution in [0.3, 0.4) is 0 Å². The minimum Gasteiger partial charge on any atom is -0.308 e. The topological polar surface area (TPSA) is 81.0 Å². The molecule has 7 aromatic carbocycles. The number of aromatic nitrogens is 5. The largest absolute Gasteiger partial charge is 0.308 e. The van der Waals surface area contributed by atoms with Gasteiger partial charge in [-0.2, -0.15) is 5.26 Å². The monoisotopic (exact) mass is 742 g/mol. The van der Waals surface area contributed by atoms with Gasteiger partial charge in [0.2, 0.25) is 0 Å². The molecule has 0 unspecified atom stereocenters. The van der Waals surface area contributed by atoms with E-state index in [4.69, 9.17) is 23.1 Å². The Labute approximate surface area is 333 Å². The highest BCUT2D eigenvalue weighted by atomic mass is 15.1. The van der Waals surface area contributed by atoms with Crippen molar-refractivity contribution in [3.63, 3.8) is 0 Å². The normalized spacial score (nSPS) is 11.2. The van der Waals surface area contributed by atoms with Gasteiger partial charge in [-0.05, 0) is 84.6 Å². The molecule has 270 valence electrons. The van der Waals surface area contributed by atoms with E-state index in [1.165, 1.54) is 0 Å². The summed E-state index contributed by atoms with van der Waals surface area (Å²) in [6.07, 6.45) is 0. The predicted molar refractivity (Wildman–Crippen MR) is 232 cm³/mol. The number of aryl methyl sites for hydroxylation is 2.